The van der Waals surface area contributed by atoms with Gasteiger partial charge >= 0.3 is 0 Å². The van der Waals surface area contributed by atoms with E-state index in [2.05, 4.69) is 25.1 Å². The van der Waals surface area contributed by atoms with Crippen molar-refractivity contribution >= 4 is 16.6 Å². The highest BCUT2D eigenvalue weighted by molar-refractivity contribution is 6.09. The first-order valence-corrected chi connectivity index (χ1v) is 6.77. The van der Waals surface area contributed by atoms with Gasteiger partial charge in [0.25, 0.3) is 0 Å². The van der Waals surface area contributed by atoms with E-state index in [1.54, 1.807) is 0 Å². The summed E-state index contributed by atoms with van der Waals surface area (Å²) in [5.74, 6) is 1.29. The lowest BCUT2D eigenvalue weighted by Crippen LogP contribution is -2.12. The number of Topliss-reactive ketones (excluding diaryl/α,β-unsaturated/α-hetero) is 1. The van der Waals surface area contributed by atoms with Crippen LogP contribution in [-0.2, 0) is 0 Å². The highest BCUT2D eigenvalue weighted by Gasteiger charge is 2.28. The molecule has 1 heteroatoms. The lowest BCUT2D eigenvalue weighted by molar-refractivity contribution is 0.0922. The van der Waals surface area contributed by atoms with Gasteiger partial charge in [0.1, 0.15) is 0 Å². The zero-order valence-electron chi connectivity index (χ0n) is 10.7. The van der Waals surface area contributed by atoms with Gasteiger partial charge in [-0.3, -0.25) is 4.79 Å². The zero-order chi connectivity index (χ0) is 12.5. The lowest BCUT2D eigenvalue weighted by Gasteiger charge is -2.11. The Bertz CT molecular complexity index is 580. The van der Waals surface area contributed by atoms with E-state index in [9.17, 15) is 4.79 Å². The Labute approximate surface area is 108 Å². The minimum absolute atomic E-state index is 0.241. The Morgan fingerprint density at radius 1 is 1.06 bits per heavy atom. The molecule has 92 valence electrons. The second-order valence-electron chi connectivity index (χ2n) is 5.51. The van der Waals surface area contributed by atoms with E-state index >= 15 is 0 Å². The molecular weight excluding hydrogens is 220 g/mol. The molecule has 0 aromatic heterocycles. The summed E-state index contributed by atoms with van der Waals surface area (Å²) >= 11 is 0. The van der Waals surface area contributed by atoms with Crippen LogP contribution in [0.5, 0.6) is 0 Å². The van der Waals surface area contributed by atoms with Gasteiger partial charge in [0.05, 0.1) is 0 Å². The first-order valence-electron chi connectivity index (χ1n) is 6.77. The number of benzene rings is 2. The zero-order valence-corrected chi connectivity index (χ0v) is 10.7. The SMILES string of the molecule is CC1CCC(C(=O)c2cccc3ccccc23)C1. The Morgan fingerprint density at radius 2 is 1.83 bits per heavy atom. The van der Waals surface area contributed by atoms with Crippen molar-refractivity contribution in [2.45, 2.75) is 26.2 Å². The Hall–Kier alpha value is -1.63. The monoisotopic (exact) mass is 238 g/mol. The molecule has 2 atom stereocenters. The Balaban J connectivity index is 2.01. The summed E-state index contributed by atoms with van der Waals surface area (Å²) in [5, 5.41) is 2.26. The van der Waals surface area contributed by atoms with Gasteiger partial charge in [0.15, 0.2) is 5.78 Å². The first-order chi connectivity index (χ1) is 8.75. The molecule has 1 saturated carbocycles. The molecule has 0 amide bonds. The van der Waals surface area contributed by atoms with E-state index in [1.807, 2.05) is 24.3 Å². The number of carbonyl (C=O) groups is 1. The fourth-order valence-electron chi connectivity index (χ4n) is 3.11. The molecule has 1 aliphatic rings. The van der Waals surface area contributed by atoms with Crippen LogP contribution in [0, 0.1) is 11.8 Å². The molecule has 0 N–H and O–H groups in total. The summed E-state index contributed by atoms with van der Waals surface area (Å²) in [6.45, 7) is 2.25. The molecule has 2 aromatic rings. The van der Waals surface area contributed by atoms with E-state index in [0.29, 0.717) is 11.7 Å². The van der Waals surface area contributed by atoms with Crippen LogP contribution in [0.4, 0.5) is 0 Å². The maximum atomic E-state index is 12.6. The minimum atomic E-state index is 0.241. The van der Waals surface area contributed by atoms with Crippen molar-refractivity contribution in [1.29, 1.82) is 0 Å². The smallest absolute Gasteiger partial charge is 0.166 e. The fraction of sp³-hybridized carbons (Fsp3) is 0.353. The fourth-order valence-corrected chi connectivity index (χ4v) is 3.11. The molecule has 2 aromatic carbocycles. The van der Waals surface area contributed by atoms with Gasteiger partial charge in [0.2, 0.25) is 0 Å². The molecule has 18 heavy (non-hydrogen) atoms. The van der Waals surface area contributed by atoms with Crippen LogP contribution in [0.2, 0.25) is 0 Å². The summed E-state index contributed by atoms with van der Waals surface area (Å²) in [7, 11) is 0. The van der Waals surface area contributed by atoms with Crippen molar-refractivity contribution in [3.8, 4) is 0 Å². The summed E-state index contributed by atoms with van der Waals surface area (Å²) in [5.41, 5.74) is 0.909. The highest BCUT2D eigenvalue weighted by atomic mass is 16.1. The van der Waals surface area contributed by atoms with Crippen LogP contribution in [0.25, 0.3) is 10.8 Å². The van der Waals surface area contributed by atoms with Crippen LogP contribution in [-0.4, -0.2) is 5.78 Å². The van der Waals surface area contributed by atoms with E-state index in [-0.39, 0.29) is 5.92 Å². The molecule has 0 aliphatic heterocycles. The Kier molecular flexibility index (Phi) is 2.91. The van der Waals surface area contributed by atoms with Gasteiger partial charge in [0, 0.05) is 11.5 Å². The normalized spacial score (nSPS) is 23.4. The van der Waals surface area contributed by atoms with Gasteiger partial charge in [-0.1, -0.05) is 49.4 Å². The average molecular weight is 238 g/mol. The predicted octanol–water partition coefficient (Wildman–Crippen LogP) is 4.46. The molecule has 1 aliphatic carbocycles. The van der Waals surface area contributed by atoms with E-state index in [1.165, 1.54) is 6.42 Å². The quantitative estimate of drug-likeness (QED) is 0.706. The molecule has 0 spiro atoms. The molecule has 0 bridgehead atoms. The number of carbonyl (C=O) groups excluding carboxylic acids is 1. The van der Waals surface area contributed by atoms with E-state index in [4.69, 9.17) is 0 Å². The Morgan fingerprint density at radius 3 is 2.61 bits per heavy atom. The van der Waals surface area contributed by atoms with Crippen molar-refractivity contribution in [2.24, 2.45) is 11.8 Å². The number of hydrogen-bond donors (Lipinski definition) is 0. The minimum Gasteiger partial charge on any atom is -0.294 e. The maximum absolute atomic E-state index is 12.6. The lowest BCUT2D eigenvalue weighted by atomic mass is 9.92. The van der Waals surface area contributed by atoms with Crippen LogP contribution < -0.4 is 0 Å². The van der Waals surface area contributed by atoms with Crippen LogP contribution >= 0.6 is 0 Å². The summed E-state index contributed by atoms with van der Waals surface area (Å²) in [6.07, 6.45) is 3.31. The molecule has 1 fully saturated rings. The second kappa shape index (κ2) is 4.56. The van der Waals surface area contributed by atoms with Crippen LogP contribution in [0.15, 0.2) is 42.5 Å². The summed E-state index contributed by atoms with van der Waals surface area (Å²) in [4.78, 5) is 12.6. The summed E-state index contributed by atoms with van der Waals surface area (Å²) < 4.78 is 0. The van der Waals surface area contributed by atoms with Crippen molar-refractivity contribution < 1.29 is 4.79 Å². The molecule has 1 nitrogen and oxygen atoms in total. The van der Waals surface area contributed by atoms with Gasteiger partial charge < -0.3 is 0 Å². The number of rotatable bonds is 2. The standard InChI is InChI=1S/C17H18O/c1-12-9-10-14(11-12)17(18)16-8-4-6-13-5-2-3-7-15(13)16/h2-8,12,14H,9-11H2,1H3. The van der Waals surface area contributed by atoms with Gasteiger partial charge in [-0.15, -0.1) is 0 Å². The van der Waals surface area contributed by atoms with Crippen molar-refractivity contribution in [3.05, 3.63) is 48.0 Å². The van der Waals surface area contributed by atoms with Crippen LogP contribution in [0.1, 0.15) is 36.5 Å². The van der Waals surface area contributed by atoms with E-state index in [0.717, 1.165) is 29.2 Å². The number of fused-ring (bicyclic) bond motifs is 1. The van der Waals surface area contributed by atoms with Crippen LogP contribution in [0.3, 0.4) is 0 Å². The summed E-state index contributed by atoms with van der Waals surface area (Å²) in [6, 6.07) is 14.2. The third-order valence-electron chi connectivity index (χ3n) is 4.12. The van der Waals surface area contributed by atoms with Gasteiger partial charge in [-0.2, -0.15) is 0 Å². The third-order valence-corrected chi connectivity index (χ3v) is 4.12. The van der Waals surface area contributed by atoms with Gasteiger partial charge in [-0.25, -0.2) is 0 Å². The first kappa shape index (κ1) is 11.5. The van der Waals surface area contributed by atoms with E-state index < -0.39 is 0 Å². The predicted molar refractivity (Wildman–Crippen MR) is 74.8 cm³/mol. The van der Waals surface area contributed by atoms with Crippen molar-refractivity contribution in [3.63, 3.8) is 0 Å². The number of hydrogen-bond acceptors (Lipinski definition) is 1. The van der Waals surface area contributed by atoms with Gasteiger partial charge in [-0.05, 0) is 36.0 Å². The highest BCUT2D eigenvalue weighted by Crippen LogP contribution is 2.34. The average Bonchev–Trinajstić information content (AvgIpc) is 2.84. The number of ketones is 1. The molecule has 3 rings (SSSR count). The van der Waals surface area contributed by atoms with Crippen molar-refractivity contribution in [2.75, 3.05) is 0 Å². The molecule has 0 saturated heterocycles. The molecular formula is C17H18O. The maximum Gasteiger partial charge on any atom is 0.166 e. The second-order valence-corrected chi connectivity index (χ2v) is 5.51. The molecule has 2 unspecified atom stereocenters. The third kappa shape index (κ3) is 1.94. The topological polar surface area (TPSA) is 17.1 Å². The largest absolute Gasteiger partial charge is 0.294 e. The molecule has 0 heterocycles. The molecule has 0 radical (unpaired) electrons. The van der Waals surface area contributed by atoms with Crippen molar-refractivity contribution in [1.82, 2.24) is 0 Å².